The number of rotatable bonds is 4. The summed E-state index contributed by atoms with van der Waals surface area (Å²) in [6.07, 6.45) is 5.80. The minimum atomic E-state index is 0.559. The minimum Gasteiger partial charge on any atom is -0.307 e. The molecule has 3 rings (SSSR count). The highest BCUT2D eigenvalue weighted by atomic mass is 32.2. The Kier molecular flexibility index (Phi) is 4.81. The van der Waals surface area contributed by atoms with Crippen LogP contribution < -0.4 is 5.32 Å². The lowest BCUT2D eigenvalue weighted by Crippen LogP contribution is -2.44. The quantitative estimate of drug-likeness (QED) is 0.854. The number of hydrogen-bond donors (Lipinski definition) is 1. The average Bonchev–Trinajstić information content (AvgIpc) is 2.50. The molecule has 1 N–H and O–H groups in total. The van der Waals surface area contributed by atoms with Gasteiger partial charge in [0.05, 0.1) is 0 Å². The van der Waals surface area contributed by atoms with Crippen molar-refractivity contribution in [3.63, 3.8) is 0 Å². The van der Waals surface area contributed by atoms with Crippen LogP contribution in [-0.4, -0.2) is 36.3 Å². The molecule has 0 spiro atoms. The van der Waals surface area contributed by atoms with Crippen LogP contribution in [0.25, 0.3) is 0 Å². The second-order valence-electron chi connectivity index (χ2n) is 5.76. The Morgan fingerprint density at radius 3 is 2.85 bits per heavy atom. The van der Waals surface area contributed by atoms with E-state index in [2.05, 4.69) is 41.1 Å². The molecule has 1 saturated heterocycles. The number of nitrogens with zero attached hydrogens (tertiary/aromatic N) is 1. The van der Waals surface area contributed by atoms with Crippen molar-refractivity contribution >= 4 is 11.8 Å². The van der Waals surface area contributed by atoms with Gasteiger partial charge in [0.1, 0.15) is 0 Å². The molecule has 1 aromatic rings. The lowest BCUT2D eigenvalue weighted by molar-refractivity contribution is 0.205. The first-order valence-corrected chi connectivity index (χ1v) is 8.66. The van der Waals surface area contributed by atoms with Gasteiger partial charge in [-0.25, -0.2) is 0 Å². The van der Waals surface area contributed by atoms with Gasteiger partial charge < -0.3 is 5.32 Å². The van der Waals surface area contributed by atoms with Crippen molar-refractivity contribution in [2.24, 2.45) is 0 Å². The Balaban J connectivity index is 1.58. The Labute approximate surface area is 126 Å². The zero-order chi connectivity index (χ0) is 13.8. The zero-order valence-corrected chi connectivity index (χ0v) is 12.9. The van der Waals surface area contributed by atoms with Gasteiger partial charge in [0.15, 0.2) is 0 Å². The molecule has 0 unspecified atom stereocenters. The molecule has 108 valence electrons. The van der Waals surface area contributed by atoms with E-state index in [1.54, 1.807) is 0 Å². The predicted molar refractivity (Wildman–Crippen MR) is 87.3 cm³/mol. The molecule has 1 atom stereocenters. The summed E-state index contributed by atoms with van der Waals surface area (Å²) in [7, 11) is 0. The van der Waals surface area contributed by atoms with Gasteiger partial charge >= 0.3 is 0 Å². The van der Waals surface area contributed by atoms with Crippen molar-refractivity contribution in [1.82, 2.24) is 10.2 Å². The fraction of sp³-hybridized carbons (Fsp3) is 0.529. The maximum atomic E-state index is 3.91. The van der Waals surface area contributed by atoms with Crippen molar-refractivity contribution < 1.29 is 0 Å². The Morgan fingerprint density at radius 1 is 1.25 bits per heavy atom. The van der Waals surface area contributed by atoms with Gasteiger partial charge in [0, 0.05) is 23.5 Å². The molecule has 3 heteroatoms. The molecule has 1 aromatic carbocycles. The third-order valence-corrected chi connectivity index (χ3v) is 5.49. The van der Waals surface area contributed by atoms with Gasteiger partial charge in [0.25, 0.3) is 0 Å². The van der Waals surface area contributed by atoms with Gasteiger partial charge in [-0.05, 0) is 49.7 Å². The monoisotopic (exact) mass is 288 g/mol. The Bertz CT molecular complexity index is 452. The molecule has 2 aliphatic rings. The van der Waals surface area contributed by atoms with E-state index < -0.39 is 0 Å². The average molecular weight is 288 g/mol. The highest BCUT2D eigenvalue weighted by Crippen LogP contribution is 2.36. The molecule has 2 nitrogen and oxygen atoms in total. The maximum Gasteiger partial charge on any atom is 0.0341 e. The highest BCUT2D eigenvalue weighted by Gasteiger charge is 2.25. The number of likely N-dealkylation sites (tertiary alicyclic amines) is 1. The van der Waals surface area contributed by atoms with Crippen LogP contribution in [0.3, 0.4) is 0 Å². The molecular weight excluding hydrogens is 264 g/mol. The third-order valence-electron chi connectivity index (χ3n) is 4.37. The topological polar surface area (TPSA) is 15.3 Å². The second kappa shape index (κ2) is 6.79. The van der Waals surface area contributed by atoms with Crippen LogP contribution in [0.15, 0.2) is 41.8 Å². The number of piperidine rings is 1. The lowest BCUT2D eigenvalue weighted by Gasteiger charge is -2.35. The van der Waals surface area contributed by atoms with Crippen LogP contribution in [0, 0.1) is 0 Å². The Hall–Kier alpha value is -0.770. The van der Waals surface area contributed by atoms with E-state index in [9.17, 15) is 0 Å². The minimum absolute atomic E-state index is 0.559. The van der Waals surface area contributed by atoms with Gasteiger partial charge in [-0.3, -0.25) is 4.90 Å². The fourth-order valence-electron chi connectivity index (χ4n) is 3.26. The van der Waals surface area contributed by atoms with Crippen LogP contribution >= 0.6 is 11.8 Å². The van der Waals surface area contributed by atoms with E-state index in [4.69, 9.17) is 0 Å². The van der Waals surface area contributed by atoms with Crippen LogP contribution in [0.5, 0.6) is 0 Å². The number of fused-ring (bicyclic) bond motifs is 1. The molecule has 20 heavy (non-hydrogen) atoms. The SMILES string of the molecule is C=CCN1CCC(N[C@@H]2CCSc3ccccc32)CC1. The predicted octanol–water partition coefficient (Wildman–Crippen LogP) is 3.46. The van der Waals surface area contributed by atoms with E-state index in [1.165, 1.54) is 48.6 Å². The maximum absolute atomic E-state index is 3.91. The van der Waals surface area contributed by atoms with Crippen LogP contribution in [0.2, 0.25) is 0 Å². The summed E-state index contributed by atoms with van der Waals surface area (Å²) < 4.78 is 0. The molecule has 0 bridgehead atoms. The first-order valence-electron chi connectivity index (χ1n) is 7.68. The van der Waals surface area contributed by atoms with Gasteiger partial charge in [-0.2, -0.15) is 0 Å². The second-order valence-corrected chi connectivity index (χ2v) is 6.89. The van der Waals surface area contributed by atoms with Crippen molar-refractivity contribution in [3.8, 4) is 0 Å². The molecule has 1 fully saturated rings. The zero-order valence-electron chi connectivity index (χ0n) is 12.1. The molecular formula is C17H24N2S. The smallest absolute Gasteiger partial charge is 0.0341 e. The lowest BCUT2D eigenvalue weighted by atomic mass is 9.99. The molecule has 0 amide bonds. The van der Waals surface area contributed by atoms with Crippen LogP contribution in [-0.2, 0) is 0 Å². The molecule has 0 saturated carbocycles. The van der Waals surface area contributed by atoms with Crippen molar-refractivity contribution in [1.29, 1.82) is 0 Å². The summed E-state index contributed by atoms with van der Waals surface area (Å²) in [4.78, 5) is 3.97. The number of benzene rings is 1. The van der Waals surface area contributed by atoms with E-state index >= 15 is 0 Å². The summed E-state index contributed by atoms with van der Waals surface area (Å²) in [5, 5.41) is 3.91. The largest absolute Gasteiger partial charge is 0.307 e. The van der Waals surface area contributed by atoms with Crippen molar-refractivity contribution in [2.75, 3.05) is 25.4 Å². The number of nitrogens with one attached hydrogen (secondary N) is 1. The molecule has 0 aromatic heterocycles. The Morgan fingerprint density at radius 2 is 2.05 bits per heavy atom. The van der Waals surface area contributed by atoms with E-state index in [-0.39, 0.29) is 0 Å². The van der Waals surface area contributed by atoms with Crippen LogP contribution in [0.4, 0.5) is 0 Å². The van der Waals surface area contributed by atoms with Gasteiger partial charge in [0.2, 0.25) is 0 Å². The number of hydrogen-bond acceptors (Lipinski definition) is 3. The normalized spacial score (nSPS) is 24.3. The summed E-state index contributed by atoms with van der Waals surface area (Å²) in [6.45, 7) is 7.27. The number of thioether (sulfide) groups is 1. The fourth-order valence-corrected chi connectivity index (χ4v) is 4.39. The van der Waals surface area contributed by atoms with E-state index in [0.29, 0.717) is 12.1 Å². The summed E-state index contributed by atoms with van der Waals surface area (Å²) in [5.74, 6) is 1.24. The van der Waals surface area contributed by atoms with E-state index in [0.717, 1.165) is 6.54 Å². The van der Waals surface area contributed by atoms with Gasteiger partial charge in [-0.1, -0.05) is 24.3 Å². The summed E-state index contributed by atoms with van der Waals surface area (Å²) in [6, 6.07) is 10.1. The van der Waals surface area contributed by atoms with E-state index in [1.807, 2.05) is 17.8 Å². The molecule has 2 aliphatic heterocycles. The molecule has 2 heterocycles. The standard InChI is InChI=1S/C17H24N2S/c1-2-10-19-11-7-14(8-12-19)18-16-9-13-20-17-6-4-3-5-15(16)17/h2-6,14,16,18H,1,7-13H2/t16-/m1/s1. The summed E-state index contributed by atoms with van der Waals surface area (Å²) in [5.41, 5.74) is 1.51. The van der Waals surface area contributed by atoms with Crippen molar-refractivity contribution in [2.45, 2.75) is 36.2 Å². The highest BCUT2D eigenvalue weighted by molar-refractivity contribution is 7.99. The van der Waals surface area contributed by atoms with Crippen molar-refractivity contribution in [3.05, 3.63) is 42.5 Å². The molecule has 0 aliphatic carbocycles. The first kappa shape index (κ1) is 14.2. The third kappa shape index (κ3) is 3.27. The first-order chi connectivity index (χ1) is 9.86. The van der Waals surface area contributed by atoms with Crippen LogP contribution in [0.1, 0.15) is 30.9 Å². The molecule has 0 radical (unpaired) electrons. The summed E-state index contributed by atoms with van der Waals surface area (Å²) >= 11 is 2.00. The van der Waals surface area contributed by atoms with Gasteiger partial charge in [-0.15, -0.1) is 18.3 Å².